The molecular formula is C19H28N2. The molecule has 21 heavy (non-hydrogen) atoms. The van der Waals surface area contributed by atoms with Gasteiger partial charge in [0.15, 0.2) is 0 Å². The minimum absolute atomic E-state index is 0.397. The number of aromatic nitrogens is 1. The monoisotopic (exact) mass is 284 g/mol. The second-order valence-electron chi connectivity index (χ2n) is 7.37. The first kappa shape index (κ1) is 14.6. The van der Waals surface area contributed by atoms with Gasteiger partial charge in [0.25, 0.3) is 0 Å². The summed E-state index contributed by atoms with van der Waals surface area (Å²) in [6.07, 6.45) is 7.26. The SMILES string of the molecule is CC(CCC(C)(C)C1CCCN1)c1cccc2cc[nH]c12. The average molecular weight is 284 g/mol. The minimum Gasteiger partial charge on any atom is -0.361 e. The van der Waals surface area contributed by atoms with Crippen LogP contribution in [0, 0.1) is 5.41 Å². The molecule has 1 saturated heterocycles. The summed E-state index contributed by atoms with van der Waals surface area (Å²) in [5, 5.41) is 5.01. The van der Waals surface area contributed by atoms with Crippen LogP contribution >= 0.6 is 0 Å². The number of hydrogen-bond donors (Lipinski definition) is 2. The number of aromatic amines is 1. The van der Waals surface area contributed by atoms with Gasteiger partial charge in [-0.1, -0.05) is 39.0 Å². The van der Waals surface area contributed by atoms with Gasteiger partial charge in [-0.3, -0.25) is 0 Å². The van der Waals surface area contributed by atoms with Crippen molar-refractivity contribution in [3.05, 3.63) is 36.0 Å². The van der Waals surface area contributed by atoms with Crippen molar-refractivity contribution in [1.82, 2.24) is 10.3 Å². The van der Waals surface area contributed by atoms with Gasteiger partial charge in [0.05, 0.1) is 0 Å². The summed E-state index contributed by atoms with van der Waals surface area (Å²) in [6, 6.07) is 9.52. The highest BCUT2D eigenvalue weighted by atomic mass is 15.0. The highest BCUT2D eigenvalue weighted by molar-refractivity contribution is 5.82. The fraction of sp³-hybridized carbons (Fsp3) is 0.579. The third kappa shape index (κ3) is 3.01. The molecule has 0 saturated carbocycles. The normalized spacial score (nSPS) is 21.0. The molecule has 1 aliphatic rings. The van der Waals surface area contributed by atoms with Gasteiger partial charge < -0.3 is 10.3 Å². The Morgan fingerprint density at radius 3 is 2.90 bits per heavy atom. The van der Waals surface area contributed by atoms with Crippen LogP contribution in [-0.2, 0) is 0 Å². The Bertz CT molecular complexity index is 590. The van der Waals surface area contributed by atoms with Gasteiger partial charge in [-0.25, -0.2) is 0 Å². The van der Waals surface area contributed by atoms with E-state index in [-0.39, 0.29) is 0 Å². The molecule has 2 atom stereocenters. The topological polar surface area (TPSA) is 27.8 Å². The van der Waals surface area contributed by atoms with Crippen molar-refractivity contribution >= 4 is 10.9 Å². The van der Waals surface area contributed by atoms with Gasteiger partial charge in [0, 0.05) is 17.8 Å². The first-order valence-corrected chi connectivity index (χ1v) is 8.37. The molecule has 2 heteroatoms. The number of nitrogens with one attached hydrogen (secondary N) is 2. The largest absolute Gasteiger partial charge is 0.361 e. The summed E-state index contributed by atoms with van der Waals surface area (Å²) in [4.78, 5) is 3.41. The lowest BCUT2D eigenvalue weighted by Gasteiger charge is -2.33. The number of fused-ring (bicyclic) bond motifs is 1. The van der Waals surface area contributed by atoms with Crippen LogP contribution in [0.4, 0.5) is 0 Å². The van der Waals surface area contributed by atoms with Crippen LogP contribution in [0.2, 0.25) is 0 Å². The minimum atomic E-state index is 0.397. The van der Waals surface area contributed by atoms with E-state index < -0.39 is 0 Å². The number of para-hydroxylation sites is 1. The molecule has 0 amide bonds. The molecule has 0 bridgehead atoms. The molecule has 1 aromatic heterocycles. The maximum absolute atomic E-state index is 3.68. The maximum atomic E-state index is 3.68. The van der Waals surface area contributed by atoms with E-state index in [1.807, 2.05) is 6.20 Å². The molecule has 114 valence electrons. The van der Waals surface area contributed by atoms with Crippen LogP contribution in [0.25, 0.3) is 10.9 Å². The van der Waals surface area contributed by atoms with E-state index >= 15 is 0 Å². The average Bonchev–Trinajstić information content (AvgIpc) is 3.14. The molecular weight excluding hydrogens is 256 g/mol. The zero-order chi connectivity index (χ0) is 14.9. The van der Waals surface area contributed by atoms with Crippen LogP contribution in [0.1, 0.15) is 57.9 Å². The molecule has 1 aromatic carbocycles. The van der Waals surface area contributed by atoms with E-state index in [0.717, 1.165) is 0 Å². The van der Waals surface area contributed by atoms with Crippen molar-refractivity contribution in [1.29, 1.82) is 0 Å². The maximum Gasteiger partial charge on any atom is 0.0489 e. The quantitative estimate of drug-likeness (QED) is 0.808. The summed E-state index contributed by atoms with van der Waals surface area (Å²) < 4.78 is 0. The second kappa shape index (κ2) is 5.84. The predicted octanol–water partition coefficient (Wildman–Crippen LogP) is 4.83. The molecule has 1 fully saturated rings. The predicted molar refractivity (Wildman–Crippen MR) is 90.8 cm³/mol. The van der Waals surface area contributed by atoms with E-state index in [1.165, 1.54) is 48.7 Å². The molecule has 2 unspecified atom stereocenters. The number of H-pyrrole nitrogens is 1. The van der Waals surface area contributed by atoms with E-state index in [1.54, 1.807) is 0 Å². The van der Waals surface area contributed by atoms with Crippen LogP contribution in [0.5, 0.6) is 0 Å². The Morgan fingerprint density at radius 2 is 2.14 bits per heavy atom. The lowest BCUT2D eigenvalue weighted by molar-refractivity contribution is 0.232. The number of rotatable bonds is 5. The molecule has 2 heterocycles. The highest BCUT2D eigenvalue weighted by Crippen LogP contribution is 2.36. The summed E-state index contributed by atoms with van der Waals surface area (Å²) in [5.41, 5.74) is 3.18. The van der Waals surface area contributed by atoms with Crippen molar-refractivity contribution in [2.45, 2.75) is 58.4 Å². The van der Waals surface area contributed by atoms with Gasteiger partial charge in [-0.15, -0.1) is 0 Å². The second-order valence-corrected chi connectivity index (χ2v) is 7.37. The fourth-order valence-corrected chi connectivity index (χ4v) is 3.79. The first-order chi connectivity index (χ1) is 10.1. The van der Waals surface area contributed by atoms with E-state index in [4.69, 9.17) is 0 Å². The summed E-state index contributed by atoms with van der Waals surface area (Å²) in [7, 11) is 0. The van der Waals surface area contributed by atoms with E-state index in [0.29, 0.717) is 17.4 Å². The molecule has 0 spiro atoms. The van der Waals surface area contributed by atoms with Gasteiger partial charge >= 0.3 is 0 Å². The number of hydrogen-bond acceptors (Lipinski definition) is 1. The van der Waals surface area contributed by atoms with Crippen LogP contribution in [0.15, 0.2) is 30.5 Å². The molecule has 1 aliphatic heterocycles. The Kier molecular flexibility index (Phi) is 4.08. The van der Waals surface area contributed by atoms with Gasteiger partial charge in [0.2, 0.25) is 0 Å². The lowest BCUT2D eigenvalue weighted by Crippen LogP contribution is -2.37. The van der Waals surface area contributed by atoms with Crippen LogP contribution in [-0.4, -0.2) is 17.6 Å². The van der Waals surface area contributed by atoms with Crippen molar-refractivity contribution in [3.8, 4) is 0 Å². The zero-order valence-corrected chi connectivity index (χ0v) is 13.6. The summed E-state index contributed by atoms with van der Waals surface area (Å²) >= 11 is 0. The van der Waals surface area contributed by atoms with Crippen molar-refractivity contribution in [3.63, 3.8) is 0 Å². The molecule has 2 nitrogen and oxygen atoms in total. The molecule has 0 aliphatic carbocycles. The Labute approximate surface area is 128 Å². The van der Waals surface area contributed by atoms with Crippen molar-refractivity contribution < 1.29 is 0 Å². The Hall–Kier alpha value is -1.28. The summed E-state index contributed by atoms with van der Waals surface area (Å²) in [5.74, 6) is 0.605. The molecule has 2 aromatic rings. The van der Waals surface area contributed by atoms with Gasteiger partial charge in [-0.2, -0.15) is 0 Å². The van der Waals surface area contributed by atoms with Crippen LogP contribution < -0.4 is 5.32 Å². The Balaban J connectivity index is 1.68. The standard InChI is InChI=1S/C19H28N2/c1-14(9-11-19(2,3)17-8-5-12-20-17)16-7-4-6-15-10-13-21-18(15)16/h4,6-7,10,13-14,17,20-21H,5,8-9,11-12H2,1-3H3. The molecule has 0 radical (unpaired) electrons. The van der Waals surface area contributed by atoms with Gasteiger partial charge in [-0.05, 0) is 60.6 Å². The van der Waals surface area contributed by atoms with Crippen LogP contribution in [0.3, 0.4) is 0 Å². The molecule has 3 rings (SSSR count). The number of benzene rings is 1. The summed E-state index contributed by atoms with van der Waals surface area (Å²) in [6.45, 7) is 8.43. The van der Waals surface area contributed by atoms with Crippen molar-refractivity contribution in [2.24, 2.45) is 5.41 Å². The van der Waals surface area contributed by atoms with E-state index in [2.05, 4.69) is 55.3 Å². The lowest BCUT2D eigenvalue weighted by atomic mass is 9.77. The van der Waals surface area contributed by atoms with Gasteiger partial charge in [0.1, 0.15) is 0 Å². The third-order valence-electron chi connectivity index (χ3n) is 5.38. The zero-order valence-electron chi connectivity index (χ0n) is 13.6. The molecule has 2 N–H and O–H groups in total. The van der Waals surface area contributed by atoms with Crippen molar-refractivity contribution in [2.75, 3.05) is 6.54 Å². The third-order valence-corrected chi connectivity index (χ3v) is 5.38. The highest BCUT2D eigenvalue weighted by Gasteiger charge is 2.31. The Morgan fingerprint density at radius 1 is 1.29 bits per heavy atom. The smallest absolute Gasteiger partial charge is 0.0489 e. The van der Waals surface area contributed by atoms with E-state index in [9.17, 15) is 0 Å². The first-order valence-electron chi connectivity index (χ1n) is 8.37. The fourth-order valence-electron chi connectivity index (χ4n) is 3.79.